The van der Waals surface area contributed by atoms with Crippen molar-refractivity contribution in [3.05, 3.63) is 47.5 Å². The molecule has 4 heteroatoms. The van der Waals surface area contributed by atoms with E-state index < -0.39 is 23.8 Å². The van der Waals surface area contributed by atoms with Crippen LogP contribution in [-0.4, -0.2) is 21.8 Å². The Morgan fingerprint density at radius 2 is 1.17 bits per heavy atom. The first-order valence-electron chi connectivity index (χ1n) is 5.56. The van der Waals surface area contributed by atoms with Gasteiger partial charge in [-0.15, -0.1) is 0 Å². The first kappa shape index (κ1) is 11.1. The van der Waals surface area contributed by atoms with Gasteiger partial charge in [0.05, 0.1) is 0 Å². The van der Waals surface area contributed by atoms with Gasteiger partial charge in [0, 0.05) is 0 Å². The normalized spacial score (nSPS) is 23.2. The Kier molecular flexibility index (Phi) is 2.29. The fourth-order valence-electron chi connectivity index (χ4n) is 2.30. The second-order valence-corrected chi connectivity index (χ2v) is 4.36. The molecule has 2 N–H and O–H groups in total. The Morgan fingerprint density at radius 1 is 0.778 bits per heavy atom. The van der Waals surface area contributed by atoms with Crippen LogP contribution in [0, 0.1) is 0 Å². The molecule has 0 aromatic heterocycles. The monoisotopic (exact) mass is 242 g/mol. The lowest BCUT2D eigenvalue weighted by Gasteiger charge is -2.24. The summed E-state index contributed by atoms with van der Waals surface area (Å²) in [4.78, 5) is 22.9. The van der Waals surface area contributed by atoms with Crippen molar-refractivity contribution < 1.29 is 19.8 Å². The molecule has 1 aliphatic carbocycles. The molecular weight excluding hydrogens is 232 g/mol. The maximum absolute atomic E-state index is 11.5. The Labute approximate surface area is 102 Å². The molecule has 0 saturated carbocycles. The highest BCUT2D eigenvalue weighted by molar-refractivity contribution is 6.41. The van der Waals surface area contributed by atoms with Crippen molar-refractivity contribution >= 4 is 22.3 Å². The molecule has 0 amide bonds. The van der Waals surface area contributed by atoms with Crippen LogP contribution in [0.3, 0.4) is 0 Å². The molecule has 2 unspecified atom stereocenters. The number of ketones is 2. The molecule has 4 nitrogen and oxygen atoms in total. The number of carbonyl (C=O) groups is 2. The van der Waals surface area contributed by atoms with Gasteiger partial charge in [-0.1, -0.05) is 24.3 Å². The maximum atomic E-state index is 11.5. The smallest absolute Gasteiger partial charge is 0.234 e. The topological polar surface area (TPSA) is 74.6 Å². The van der Waals surface area contributed by atoms with E-state index in [9.17, 15) is 19.8 Å². The zero-order valence-corrected chi connectivity index (χ0v) is 9.33. The molecule has 2 atom stereocenters. The first-order valence-corrected chi connectivity index (χ1v) is 5.56. The minimum Gasteiger partial charge on any atom is -0.380 e. The van der Waals surface area contributed by atoms with E-state index in [-0.39, 0.29) is 0 Å². The number of rotatable bonds is 0. The van der Waals surface area contributed by atoms with Crippen LogP contribution in [0.2, 0.25) is 0 Å². The van der Waals surface area contributed by atoms with Crippen molar-refractivity contribution in [2.75, 3.05) is 0 Å². The van der Waals surface area contributed by atoms with E-state index in [1.807, 2.05) is 24.3 Å². The highest BCUT2D eigenvalue weighted by Crippen LogP contribution is 2.34. The van der Waals surface area contributed by atoms with E-state index in [1.165, 1.54) is 0 Å². The Hall–Kier alpha value is -2.04. The van der Waals surface area contributed by atoms with E-state index in [0.717, 1.165) is 10.8 Å². The summed E-state index contributed by atoms with van der Waals surface area (Å²) in [6.45, 7) is 0. The molecule has 3 rings (SSSR count). The molecule has 0 saturated heterocycles. The van der Waals surface area contributed by atoms with Gasteiger partial charge in [-0.05, 0) is 34.0 Å². The van der Waals surface area contributed by atoms with E-state index >= 15 is 0 Å². The third-order valence-corrected chi connectivity index (χ3v) is 3.28. The van der Waals surface area contributed by atoms with Gasteiger partial charge < -0.3 is 10.2 Å². The van der Waals surface area contributed by atoms with Crippen molar-refractivity contribution in [1.29, 1.82) is 0 Å². The van der Waals surface area contributed by atoms with Gasteiger partial charge in [-0.3, -0.25) is 9.59 Å². The van der Waals surface area contributed by atoms with Gasteiger partial charge in [0.15, 0.2) is 0 Å². The number of hydrogen-bond acceptors (Lipinski definition) is 4. The average Bonchev–Trinajstić information content (AvgIpc) is 2.41. The van der Waals surface area contributed by atoms with Gasteiger partial charge in [-0.25, -0.2) is 0 Å². The number of hydrogen-bond donors (Lipinski definition) is 2. The number of carbonyl (C=O) groups excluding carboxylic acids is 2. The van der Waals surface area contributed by atoms with Crippen molar-refractivity contribution in [2.45, 2.75) is 12.2 Å². The standard InChI is InChI=1S/C14H10O4/c15-11-9-5-7-3-1-2-4-8(7)6-10(9)12(16)14(18)13(11)17/h1-6,11-12,15-16H. The summed E-state index contributed by atoms with van der Waals surface area (Å²) in [5, 5.41) is 21.3. The lowest BCUT2D eigenvalue weighted by atomic mass is 9.84. The molecule has 18 heavy (non-hydrogen) atoms. The number of benzene rings is 2. The second-order valence-electron chi connectivity index (χ2n) is 4.36. The number of Topliss-reactive ketones (excluding diaryl/α,β-unsaturated/α-hetero) is 2. The molecule has 0 spiro atoms. The molecule has 0 aliphatic heterocycles. The summed E-state index contributed by atoms with van der Waals surface area (Å²) in [5.74, 6) is -1.91. The highest BCUT2D eigenvalue weighted by atomic mass is 16.3. The van der Waals surface area contributed by atoms with Gasteiger partial charge >= 0.3 is 0 Å². The van der Waals surface area contributed by atoms with E-state index in [0.29, 0.717) is 11.1 Å². The van der Waals surface area contributed by atoms with Crippen molar-refractivity contribution in [3.63, 3.8) is 0 Å². The quantitative estimate of drug-likeness (QED) is 0.677. The zero-order chi connectivity index (χ0) is 12.9. The molecule has 0 heterocycles. The third kappa shape index (κ3) is 1.40. The van der Waals surface area contributed by atoms with Crippen molar-refractivity contribution in [1.82, 2.24) is 0 Å². The van der Waals surface area contributed by atoms with E-state index in [1.54, 1.807) is 12.1 Å². The van der Waals surface area contributed by atoms with Crippen LogP contribution in [-0.2, 0) is 9.59 Å². The number of fused-ring (bicyclic) bond motifs is 2. The van der Waals surface area contributed by atoms with Gasteiger partial charge in [0.1, 0.15) is 12.2 Å². The van der Waals surface area contributed by atoms with E-state index in [4.69, 9.17) is 0 Å². The summed E-state index contributed by atoms with van der Waals surface area (Å²) in [5.41, 5.74) is 0.622. The molecule has 0 radical (unpaired) electrons. The minimum atomic E-state index is -1.47. The van der Waals surface area contributed by atoms with Crippen LogP contribution >= 0.6 is 0 Å². The van der Waals surface area contributed by atoms with Crippen LogP contribution in [0.1, 0.15) is 23.3 Å². The van der Waals surface area contributed by atoms with Crippen LogP contribution < -0.4 is 0 Å². The summed E-state index contributed by atoms with van der Waals surface area (Å²) < 4.78 is 0. The predicted octanol–water partition coefficient (Wildman–Crippen LogP) is 1.06. The first-order chi connectivity index (χ1) is 8.59. The molecule has 90 valence electrons. The molecule has 0 bridgehead atoms. The molecular formula is C14H10O4. The van der Waals surface area contributed by atoms with Crippen molar-refractivity contribution in [2.24, 2.45) is 0 Å². The Balaban J connectivity index is 2.33. The molecule has 2 aromatic carbocycles. The molecule has 0 fully saturated rings. The summed E-state index contributed by atoms with van der Waals surface area (Å²) in [6, 6.07) is 10.7. The lowest BCUT2D eigenvalue weighted by Crippen LogP contribution is -2.33. The predicted molar refractivity (Wildman–Crippen MR) is 63.9 cm³/mol. The summed E-state index contributed by atoms with van der Waals surface area (Å²) in [7, 11) is 0. The Bertz CT molecular complexity index is 616. The SMILES string of the molecule is O=C1C(=O)C(O)c2cc3ccccc3cc2C1O. The number of aliphatic hydroxyl groups excluding tert-OH is 2. The molecule has 1 aliphatic rings. The number of aliphatic hydroxyl groups is 2. The average molecular weight is 242 g/mol. The second kappa shape index (κ2) is 3.73. The molecule has 2 aromatic rings. The van der Waals surface area contributed by atoms with Gasteiger partial charge in [-0.2, -0.15) is 0 Å². The fourth-order valence-corrected chi connectivity index (χ4v) is 2.30. The maximum Gasteiger partial charge on any atom is 0.234 e. The summed E-state index contributed by atoms with van der Waals surface area (Å²) in [6.07, 6.45) is -2.94. The van der Waals surface area contributed by atoms with Crippen LogP contribution in [0.5, 0.6) is 0 Å². The largest absolute Gasteiger partial charge is 0.380 e. The highest BCUT2D eigenvalue weighted by Gasteiger charge is 2.39. The van der Waals surface area contributed by atoms with Gasteiger partial charge in [0.25, 0.3) is 0 Å². The summed E-state index contributed by atoms with van der Waals surface area (Å²) >= 11 is 0. The van der Waals surface area contributed by atoms with Crippen LogP contribution in [0.4, 0.5) is 0 Å². The van der Waals surface area contributed by atoms with Gasteiger partial charge in [0.2, 0.25) is 11.6 Å². The fraction of sp³-hybridized carbons (Fsp3) is 0.143. The van der Waals surface area contributed by atoms with Crippen molar-refractivity contribution in [3.8, 4) is 0 Å². The minimum absolute atomic E-state index is 0.311. The third-order valence-electron chi connectivity index (χ3n) is 3.28. The van der Waals surface area contributed by atoms with Crippen LogP contribution in [0.25, 0.3) is 10.8 Å². The van der Waals surface area contributed by atoms with E-state index in [2.05, 4.69) is 0 Å². The lowest BCUT2D eigenvalue weighted by molar-refractivity contribution is -0.148. The Morgan fingerprint density at radius 3 is 1.56 bits per heavy atom. The van der Waals surface area contributed by atoms with Crippen LogP contribution in [0.15, 0.2) is 36.4 Å². The zero-order valence-electron chi connectivity index (χ0n) is 9.33.